The highest BCUT2D eigenvalue weighted by molar-refractivity contribution is 6.30. The van der Waals surface area contributed by atoms with Crippen molar-refractivity contribution in [1.29, 1.82) is 0 Å². The van der Waals surface area contributed by atoms with E-state index >= 15 is 0 Å². The van der Waals surface area contributed by atoms with Gasteiger partial charge < -0.3 is 9.73 Å². The summed E-state index contributed by atoms with van der Waals surface area (Å²) in [7, 11) is 0. The maximum absolute atomic E-state index is 12.5. The number of halogens is 1. The van der Waals surface area contributed by atoms with Gasteiger partial charge in [0.15, 0.2) is 5.82 Å². The lowest BCUT2D eigenvalue weighted by Crippen LogP contribution is -2.25. The number of hydrogen-bond acceptors (Lipinski definition) is 5. The maximum Gasteiger partial charge on any atom is 0.264 e. The van der Waals surface area contributed by atoms with Gasteiger partial charge in [-0.3, -0.25) is 9.59 Å². The zero-order chi connectivity index (χ0) is 20.8. The van der Waals surface area contributed by atoms with Crippen LogP contribution in [0, 0.1) is 6.92 Å². The molecule has 1 atom stereocenters. The van der Waals surface area contributed by atoms with Crippen LogP contribution in [-0.2, 0) is 4.79 Å². The second-order valence-corrected chi connectivity index (χ2v) is 7.49. The predicted molar refractivity (Wildman–Crippen MR) is 111 cm³/mol. The molecular formula is C21H16ClN5O3. The molecule has 1 aliphatic rings. The average Bonchev–Trinajstić information content (AvgIpc) is 3.34. The summed E-state index contributed by atoms with van der Waals surface area (Å²) >= 11 is 6.09. The van der Waals surface area contributed by atoms with Crippen molar-refractivity contribution < 1.29 is 9.21 Å². The van der Waals surface area contributed by atoms with Gasteiger partial charge in [0.25, 0.3) is 5.56 Å². The van der Waals surface area contributed by atoms with E-state index < -0.39 is 0 Å². The molecular weight excluding hydrogens is 406 g/mol. The van der Waals surface area contributed by atoms with E-state index in [0.29, 0.717) is 28.2 Å². The number of aromatic nitrogens is 4. The Kier molecular flexibility index (Phi) is 4.29. The molecule has 0 unspecified atom stereocenters. The van der Waals surface area contributed by atoms with E-state index in [0.717, 1.165) is 16.8 Å². The van der Waals surface area contributed by atoms with Crippen LogP contribution in [0.15, 0.2) is 57.7 Å². The Morgan fingerprint density at radius 3 is 2.80 bits per heavy atom. The SMILES string of the molecule is Cc1nn(-c2ccc(=O)[nH]n2)c2c1[C@H](c1ccc(-c3cccc(Cl)c3)o1)CC(=O)N2. The van der Waals surface area contributed by atoms with Crippen LogP contribution in [0.1, 0.15) is 29.4 Å². The molecule has 150 valence electrons. The van der Waals surface area contributed by atoms with E-state index in [2.05, 4.69) is 20.6 Å². The number of nitrogens with zero attached hydrogens (tertiary/aromatic N) is 3. The summed E-state index contributed by atoms with van der Waals surface area (Å²) in [4.78, 5) is 23.8. The van der Waals surface area contributed by atoms with Crippen molar-refractivity contribution in [3.63, 3.8) is 0 Å². The number of H-pyrrole nitrogens is 1. The lowest BCUT2D eigenvalue weighted by Gasteiger charge is -2.22. The van der Waals surface area contributed by atoms with Crippen molar-refractivity contribution in [2.24, 2.45) is 0 Å². The Morgan fingerprint density at radius 2 is 2.03 bits per heavy atom. The molecule has 1 aliphatic heterocycles. The van der Waals surface area contributed by atoms with Crippen LogP contribution in [0.5, 0.6) is 0 Å². The number of furan rings is 1. The third-order valence-corrected chi connectivity index (χ3v) is 5.30. The van der Waals surface area contributed by atoms with Crippen LogP contribution < -0.4 is 10.9 Å². The summed E-state index contributed by atoms with van der Waals surface area (Å²) in [6.45, 7) is 1.87. The van der Waals surface area contributed by atoms with Gasteiger partial charge in [0.2, 0.25) is 5.91 Å². The van der Waals surface area contributed by atoms with Crippen LogP contribution in [0.4, 0.5) is 5.82 Å². The lowest BCUT2D eigenvalue weighted by molar-refractivity contribution is -0.116. The highest BCUT2D eigenvalue weighted by Gasteiger charge is 2.34. The van der Waals surface area contributed by atoms with Gasteiger partial charge in [-0.1, -0.05) is 23.7 Å². The Hall–Kier alpha value is -3.65. The number of carbonyl (C=O) groups is 1. The van der Waals surface area contributed by atoms with E-state index in [-0.39, 0.29) is 23.8 Å². The minimum Gasteiger partial charge on any atom is -0.460 e. The van der Waals surface area contributed by atoms with Crippen molar-refractivity contribution in [2.75, 3.05) is 5.32 Å². The Morgan fingerprint density at radius 1 is 1.17 bits per heavy atom. The number of nitrogens with one attached hydrogen (secondary N) is 2. The van der Waals surface area contributed by atoms with Gasteiger partial charge in [-0.2, -0.15) is 14.9 Å². The van der Waals surface area contributed by atoms with Crippen LogP contribution in [0.2, 0.25) is 5.02 Å². The molecule has 3 aromatic heterocycles. The number of anilines is 1. The first-order valence-electron chi connectivity index (χ1n) is 9.31. The molecule has 0 aliphatic carbocycles. The third kappa shape index (κ3) is 3.11. The Balaban J connectivity index is 1.59. The van der Waals surface area contributed by atoms with Gasteiger partial charge in [-0.15, -0.1) is 0 Å². The quantitative estimate of drug-likeness (QED) is 0.525. The summed E-state index contributed by atoms with van der Waals surface area (Å²) in [6, 6.07) is 14.1. The van der Waals surface area contributed by atoms with E-state index in [4.69, 9.17) is 16.0 Å². The molecule has 9 heteroatoms. The second kappa shape index (κ2) is 7.00. The maximum atomic E-state index is 12.5. The van der Waals surface area contributed by atoms with Crippen molar-refractivity contribution in [3.05, 3.63) is 80.9 Å². The number of rotatable bonds is 3. The zero-order valence-corrected chi connectivity index (χ0v) is 16.6. The molecule has 0 spiro atoms. The van der Waals surface area contributed by atoms with Crippen molar-refractivity contribution in [3.8, 4) is 17.1 Å². The van der Waals surface area contributed by atoms with Crippen LogP contribution in [0.25, 0.3) is 17.1 Å². The fourth-order valence-electron chi connectivity index (χ4n) is 3.75. The Bertz CT molecular complexity index is 1320. The van der Waals surface area contributed by atoms with Crippen LogP contribution in [-0.4, -0.2) is 25.9 Å². The molecule has 5 rings (SSSR count). The molecule has 0 radical (unpaired) electrons. The van der Waals surface area contributed by atoms with Crippen molar-refractivity contribution in [1.82, 2.24) is 20.0 Å². The van der Waals surface area contributed by atoms with E-state index in [1.165, 1.54) is 10.7 Å². The van der Waals surface area contributed by atoms with Gasteiger partial charge in [0.1, 0.15) is 17.3 Å². The zero-order valence-electron chi connectivity index (χ0n) is 15.8. The fourth-order valence-corrected chi connectivity index (χ4v) is 3.94. The fraction of sp³-hybridized carbons (Fsp3) is 0.143. The van der Waals surface area contributed by atoms with Crippen molar-refractivity contribution in [2.45, 2.75) is 19.3 Å². The number of aryl methyl sites for hydroxylation is 1. The number of carbonyl (C=O) groups excluding carboxylic acids is 1. The first-order chi connectivity index (χ1) is 14.5. The summed E-state index contributed by atoms with van der Waals surface area (Å²) in [5.74, 6) is 1.82. The standard InChI is InChI=1S/C21H16ClN5O3/c1-11-20-14(16-6-5-15(30-16)12-3-2-4-13(22)9-12)10-19(29)23-21(20)27(26-11)17-7-8-18(28)25-24-17/h2-9,14H,10H2,1H3,(H,23,29)(H,25,28)/t14-/m0/s1. The van der Waals surface area contributed by atoms with E-state index in [9.17, 15) is 9.59 Å². The molecule has 0 fully saturated rings. The molecule has 8 nitrogen and oxygen atoms in total. The summed E-state index contributed by atoms with van der Waals surface area (Å²) in [5, 5.41) is 14.4. The minimum atomic E-state index is -0.317. The van der Waals surface area contributed by atoms with E-state index in [1.807, 2.05) is 37.3 Å². The van der Waals surface area contributed by atoms with Crippen LogP contribution >= 0.6 is 11.6 Å². The average molecular weight is 422 g/mol. The van der Waals surface area contributed by atoms with Gasteiger partial charge >= 0.3 is 0 Å². The molecule has 30 heavy (non-hydrogen) atoms. The lowest BCUT2D eigenvalue weighted by atomic mass is 9.90. The number of aromatic amines is 1. The number of amides is 1. The molecule has 0 saturated carbocycles. The van der Waals surface area contributed by atoms with Gasteiger partial charge in [0.05, 0.1) is 11.6 Å². The van der Waals surface area contributed by atoms with Crippen molar-refractivity contribution >= 4 is 23.3 Å². The van der Waals surface area contributed by atoms with Gasteiger partial charge in [-0.25, -0.2) is 5.10 Å². The topological polar surface area (TPSA) is 106 Å². The highest BCUT2D eigenvalue weighted by Crippen LogP contribution is 2.41. The number of benzene rings is 1. The molecule has 4 aromatic rings. The molecule has 4 heterocycles. The smallest absolute Gasteiger partial charge is 0.264 e. The molecule has 1 aromatic carbocycles. The Labute approximate surface area is 175 Å². The first-order valence-corrected chi connectivity index (χ1v) is 9.68. The predicted octanol–water partition coefficient (Wildman–Crippen LogP) is 3.65. The summed E-state index contributed by atoms with van der Waals surface area (Å²) < 4.78 is 7.64. The van der Waals surface area contributed by atoms with Gasteiger partial charge in [-0.05, 0) is 37.3 Å². The number of hydrogen-bond donors (Lipinski definition) is 2. The molecule has 2 N–H and O–H groups in total. The third-order valence-electron chi connectivity index (χ3n) is 5.06. The molecule has 0 saturated heterocycles. The molecule has 0 bridgehead atoms. The first kappa shape index (κ1) is 18.4. The normalized spacial score (nSPS) is 15.7. The van der Waals surface area contributed by atoms with Crippen LogP contribution in [0.3, 0.4) is 0 Å². The minimum absolute atomic E-state index is 0.154. The summed E-state index contributed by atoms with van der Waals surface area (Å²) in [5.41, 5.74) is 2.14. The van der Waals surface area contributed by atoms with E-state index in [1.54, 1.807) is 12.1 Å². The highest BCUT2D eigenvalue weighted by atomic mass is 35.5. The van der Waals surface area contributed by atoms with Gasteiger partial charge in [0, 0.05) is 28.6 Å². The number of fused-ring (bicyclic) bond motifs is 1. The largest absolute Gasteiger partial charge is 0.460 e. The molecule has 1 amide bonds. The monoisotopic (exact) mass is 421 g/mol. The second-order valence-electron chi connectivity index (χ2n) is 7.06. The summed E-state index contributed by atoms with van der Waals surface area (Å²) in [6.07, 6.45) is 0.237.